The Bertz CT molecular complexity index is 1340. The van der Waals surface area contributed by atoms with Gasteiger partial charge in [0, 0.05) is 36.6 Å². The maximum absolute atomic E-state index is 12.8. The van der Waals surface area contributed by atoms with Crippen molar-refractivity contribution in [3.05, 3.63) is 88.7 Å². The largest absolute Gasteiger partial charge is 0.454 e. The highest BCUT2D eigenvalue weighted by atomic mass is 32.2. The number of hydrogen-bond donors (Lipinski definition) is 1. The Kier molecular flexibility index (Phi) is 8.03. The molecule has 0 bridgehead atoms. The van der Waals surface area contributed by atoms with E-state index in [1.54, 1.807) is 6.07 Å². The molecule has 1 aromatic heterocycles. The fraction of sp³-hybridized carbons (Fsp3) is 0.333. The first-order chi connectivity index (χ1) is 17.2. The molecule has 3 aromatic rings. The molecule has 0 unspecified atom stereocenters. The van der Waals surface area contributed by atoms with E-state index in [-0.39, 0.29) is 28.9 Å². The average molecular weight is 511 g/mol. The summed E-state index contributed by atoms with van der Waals surface area (Å²) in [4.78, 5) is 25.4. The molecule has 0 aliphatic carbocycles. The van der Waals surface area contributed by atoms with Gasteiger partial charge in [-0.25, -0.2) is 17.9 Å². The maximum Gasteiger partial charge on any atom is 0.338 e. The number of hydrogen-bond acceptors (Lipinski definition) is 6. The van der Waals surface area contributed by atoms with Gasteiger partial charge in [0.25, 0.3) is 0 Å². The standard InChI is InChI=1S/C27H30N2O6S/c1-19-14-25(20(2)29(19)17-23-11-7-13-34-23)26(30)18-35-27(31)22-10-6-12-24(15-22)36(32,33)28-16-21-8-4-3-5-9-21/h3-6,8-10,12,14-15,23,28H,7,11,13,16-18H2,1-2H3/t23-/m0/s1. The van der Waals surface area contributed by atoms with Crippen LogP contribution in [-0.4, -0.2) is 44.1 Å². The van der Waals surface area contributed by atoms with Crippen molar-refractivity contribution in [1.29, 1.82) is 0 Å². The minimum atomic E-state index is -3.84. The van der Waals surface area contributed by atoms with Gasteiger partial charge in [0.1, 0.15) is 0 Å². The number of ketones is 1. The van der Waals surface area contributed by atoms with E-state index in [9.17, 15) is 18.0 Å². The molecule has 0 spiro atoms. The van der Waals surface area contributed by atoms with Gasteiger partial charge in [-0.1, -0.05) is 36.4 Å². The van der Waals surface area contributed by atoms with Gasteiger partial charge in [0.2, 0.25) is 15.8 Å². The van der Waals surface area contributed by atoms with Crippen molar-refractivity contribution in [2.75, 3.05) is 13.2 Å². The SMILES string of the molecule is Cc1cc(C(=O)COC(=O)c2cccc(S(=O)(=O)NCc3ccccc3)c2)c(C)n1C[C@@H]1CCCO1. The van der Waals surface area contributed by atoms with Gasteiger partial charge in [-0.05, 0) is 56.5 Å². The summed E-state index contributed by atoms with van der Waals surface area (Å²) in [6.07, 6.45) is 2.17. The number of nitrogens with zero attached hydrogens (tertiary/aromatic N) is 1. The monoisotopic (exact) mass is 510 g/mol. The van der Waals surface area contributed by atoms with Crippen LogP contribution in [0.15, 0.2) is 65.6 Å². The molecule has 0 saturated carbocycles. The zero-order valence-corrected chi connectivity index (χ0v) is 21.2. The molecule has 1 aliphatic rings. The van der Waals surface area contributed by atoms with E-state index in [1.807, 2.05) is 44.2 Å². The van der Waals surface area contributed by atoms with Gasteiger partial charge < -0.3 is 14.0 Å². The van der Waals surface area contributed by atoms with Gasteiger partial charge in [-0.3, -0.25) is 4.79 Å². The zero-order valence-electron chi connectivity index (χ0n) is 20.4. The molecule has 1 N–H and O–H groups in total. The first-order valence-electron chi connectivity index (χ1n) is 11.9. The number of ether oxygens (including phenoxy) is 2. The summed E-state index contributed by atoms with van der Waals surface area (Å²) < 4.78 is 40.9. The number of benzene rings is 2. The second-order valence-electron chi connectivity index (χ2n) is 8.87. The Morgan fingerprint density at radius 1 is 1.08 bits per heavy atom. The van der Waals surface area contributed by atoms with Crippen LogP contribution in [0.3, 0.4) is 0 Å². The van der Waals surface area contributed by atoms with Crippen LogP contribution in [0.1, 0.15) is 50.5 Å². The topological polar surface area (TPSA) is 104 Å². The molecule has 36 heavy (non-hydrogen) atoms. The number of carbonyl (C=O) groups excluding carboxylic acids is 2. The highest BCUT2D eigenvalue weighted by Crippen LogP contribution is 2.21. The summed E-state index contributed by atoms with van der Waals surface area (Å²) in [5, 5.41) is 0. The summed E-state index contributed by atoms with van der Waals surface area (Å²) in [6, 6.07) is 16.5. The van der Waals surface area contributed by atoms with Crippen molar-refractivity contribution in [2.45, 2.75) is 50.8 Å². The number of nitrogens with one attached hydrogen (secondary N) is 1. The summed E-state index contributed by atoms with van der Waals surface area (Å²) in [7, 11) is -3.84. The molecule has 8 nitrogen and oxygen atoms in total. The lowest BCUT2D eigenvalue weighted by atomic mass is 10.1. The van der Waals surface area contributed by atoms with E-state index in [0.29, 0.717) is 12.1 Å². The molecule has 0 amide bonds. The lowest BCUT2D eigenvalue weighted by molar-refractivity contribution is 0.0474. The Hall–Kier alpha value is -3.27. The number of aryl methyl sites for hydroxylation is 1. The van der Waals surface area contributed by atoms with Crippen LogP contribution in [0.4, 0.5) is 0 Å². The van der Waals surface area contributed by atoms with Crippen molar-refractivity contribution in [2.24, 2.45) is 0 Å². The van der Waals surface area contributed by atoms with E-state index in [0.717, 1.165) is 36.4 Å². The molecule has 1 fully saturated rings. The quantitative estimate of drug-likeness (QED) is 0.329. The zero-order chi connectivity index (χ0) is 25.7. The third kappa shape index (κ3) is 6.10. The highest BCUT2D eigenvalue weighted by molar-refractivity contribution is 7.89. The van der Waals surface area contributed by atoms with Gasteiger partial charge in [-0.2, -0.15) is 0 Å². The van der Waals surface area contributed by atoms with E-state index < -0.39 is 22.6 Å². The second-order valence-corrected chi connectivity index (χ2v) is 10.6. The first-order valence-corrected chi connectivity index (χ1v) is 13.4. The molecule has 9 heteroatoms. The number of aromatic nitrogens is 1. The lowest BCUT2D eigenvalue weighted by Crippen LogP contribution is -2.23. The van der Waals surface area contributed by atoms with E-state index in [1.165, 1.54) is 24.3 Å². The van der Waals surface area contributed by atoms with Gasteiger partial charge in [0.15, 0.2) is 6.61 Å². The van der Waals surface area contributed by atoms with Crippen LogP contribution in [0.2, 0.25) is 0 Å². The van der Waals surface area contributed by atoms with Gasteiger partial charge in [0.05, 0.1) is 16.6 Å². The molecular weight excluding hydrogens is 480 g/mol. The first kappa shape index (κ1) is 25.8. The van der Waals surface area contributed by atoms with Crippen LogP contribution in [-0.2, 0) is 32.6 Å². The van der Waals surface area contributed by atoms with Crippen LogP contribution in [0, 0.1) is 13.8 Å². The van der Waals surface area contributed by atoms with Crippen molar-refractivity contribution < 1.29 is 27.5 Å². The Labute approximate surface area is 211 Å². The molecule has 1 atom stereocenters. The van der Waals surface area contributed by atoms with Crippen molar-refractivity contribution in [1.82, 2.24) is 9.29 Å². The number of esters is 1. The van der Waals surface area contributed by atoms with Crippen molar-refractivity contribution in [3.8, 4) is 0 Å². The molecule has 1 aliphatic heterocycles. The second kappa shape index (κ2) is 11.2. The van der Waals surface area contributed by atoms with Crippen LogP contribution in [0.5, 0.6) is 0 Å². The van der Waals surface area contributed by atoms with E-state index >= 15 is 0 Å². The predicted molar refractivity (Wildman–Crippen MR) is 134 cm³/mol. The molecule has 4 rings (SSSR count). The Morgan fingerprint density at radius 3 is 2.58 bits per heavy atom. The van der Waals surface area contributed by atoms with Crippen molar-refractivity contribution >= 4 is 21.8 Å². The lowest BCUT2D eigenvalue weighted by Gasteiger charge is -2.14. The van der Waals surface area contributed by atoms with Crippen LogP contribution < -0.4 is 4.72 Å². The third-order valence-electron chi connectivity index (χ3n) is 6.31. The molecule has 190 valence electrons. The van der Waals surface area contributed by atoms with Gasteiger partial charge >= 0.3 is 5.97 Å². The molecule has 1 saturated heterocycles. The summed E-state index contributed by atoms with van der Waals surface area (Å²) in [5.74, 6) is -1.08. The summed E-state index contributed by atoms with van der Waals surface area (Å²) in [5.41, 5.74) is 3.11. The molecular formula is C27H30N2O6S. The normalized spacial score (nSPS) is 15.7. The van der Waals surface area contributed by atoms with Crippen molar-refractivity contribution in [3.63, 3.8) is 0 Å². The highest BCUT2D eigenvalue weighted by Gasteiger charge is 2.22. The summed E-state index contributed by atoms with van der Waals surface area (Å²) in [6.45, 7) is 4.93. The minimum absolute atomic E-state index is 0.0502. The number of rotatable bonds is 10. The maximum atomic E-state index is 12.8. The fourth-order valence-electron chi connectivity index (χ4n) is 4.30. The molecule has 0 radical (unpaired) electrons. The summed E-state index contributed by atoms with van der Waals surface area (Å²) >= 11 is 0. The van der Waals surface area contributed by atoms with Crippen LogP contribution in [0.25, 0.3) is 0 Å². The average Bonchev–Trinajstić information content (AvgIpc) is 3.50. The Balaban J connectivity index is 1.38. The van der Waals surface area contributed by atoms with Gasteiger partial charge in [-0.15, -0.1) is 0 Å². The van der Waals surface area contributed by atoms with Crippen LogP contribution >= 0.6 is 0 Å². The predicted octanol–water partition coefficient (Wildman–Crippen LogP) is 3.80. The number of Topliss-reactive ketones (excluding diaryl/α,β-unsaturated/α-hetero) is 1. The number of carbonyl (C=O) groups is 2. The molecule has 2 aromatic carbocycles. The Morgan fingerprint density at radius 2 is 1.86 bits per heavy atom. The van der Waals surface area contributed by atoms with E-state index in [2.05, 4.69) is 9.29 Å². The third-order valence-corrected chi connectivity index (χ3v) is 7.71. The smallest absolute Gasteiger partial charge is 0.338 e. The molecule has 2 heterocycles. The fourth-order valence-corrected chi connectivity index (χ4v) is 5.36. The van der Waals surface area contributed by atoms with E-state index in [4.69, 9.17) is 9.47 Å². The minimum Gasteiger partial charge on any atom is -0.454 e. The number of sulfonamides is 1.